The fourth-order valence-corrected chi connectivity index (χ4v) is 3.97. The molecule has 0 saturated carbocycles. The molecule has 1 heterocycles. The SMILES string of the molecule is Cc1c(C(C)NC(CCO)C(C)C)sc2ccccc12. The zero-order valence-corrected chi connectivity index (χ0v) is 13.6. The lowest BCUT2D eigenvalue weighted by Crippen LogP contribution is -2.36. The van der Waals surface area contributed by atoms with Gasteiger partial charge in [-0.2, -0.15) is 0 Å². The summed E-state index contributed by atoms with van der Waals surface area (Å²) in [4.78, 5) is 1.41. The molecule has 0 aliphatic rings. The van der Waals surface area contributed by atoms with Crippen molar-refractivity contribution in [3.63, 3.8) is 0 Å². The molecule has 1 aromatic heterocycles. The van der Waals surface area contributed by atoms with Gasteiger partial charge in [-0.05, 0) is 43.2 Å². The first-order valence-electron chi connectivity index (χ1n) is 7.39. The van der Waals surface area contributed by atoms with Gasteiger partial charge in [0.15, 0.2) is 0 Å². The van der Waals surface area contributed by atoms with Crippen LogP contribution in [0.4, 0.5) is 0 Å². The summed E-state index contributed by atoms with van der Waals surface area (Å²) in [5, 5.41) is 14.3. The first-order chi connectivity index (χ1) is 9.54. The molecule has 2 rings (SSSR count). The predicted octanol–water partition coefficient (Wildman–Crippen LogP) is 4.27. The number of nitrogens with one attached hydrogen (secondary N) is 1. The zero-order chi connectivity index (χ0) is 14.7. The summed E-state index contributed by atoms with van der Waals surface area (Å²) < 4.78 is 1.36. The number of aryl methyl sites for hydroxylation is 1. The molecular formula is C17H25NOS. The molecule has 1 aromatic carbocycles. The van der Waals surface area contributed by atoms with Gasteiger partial charge in [-0.15, -0.1) is 11.3 Å². The Morgan fingerprint density at radius 2 is 1.90 bits per heavy atom. The van der Waals surface area contributed by atoms with Gasteiger partial charge in [-0.1, -0.05) is 32.0 Å². The van der Waals surface area contributed by atoms with Gasteiger partial charge in [0.25, 0.3) is 0 Å². The van der Waals surface area contributed by atoms with Gasteiger partial charge < -0.3 is 10.4 Å². The first kappa shape index (κ1) is 15.5. The van der Waals surface area contributed by atoms with Gasteiger partial charge in [-0.25, -0.2) is 0 Å². The molecule has 0 saturated heterocycles. The molecule has 0 aliphatic carbocycles. The van der Waals surface area contributed by atoms with E-state index in [1.807, 2.05) is 11.3 Å². The van der Waals surface area contributed by atoms with E-state index >= 15 is 0 Å². The number of thiophene rings is 1. The van der Waals surface area contributed by atoms with Crippen molar-refractivity contribution in [1.29, 1.82) is 0 Å². The van der Waals surface area contributed by atoms with Crippen LogP contribution < -0.4 is 5.32 Å². The third-order valence-corrected chi connectivity index (χ3v) is 5.44. The van der Waals surface area contributed by atoms with E-state index in [1.54, 1.807) is 0 Å². The molecule has 20 heavy (non-hydrogen) atoms. The van der Waals surface area contributed by atoms with Gasteiger partial charge in [0.2, 0.25) is 0 Å². The Morgan fingerprint density at radius 3 is 2.50 bits per heavy atom. The monoisotopic (exact) mass is 291 g/mol. The van der Waals surface area contributed by atoms with E-state index in [0.717, 1.165) is 6.42 Å². The minimum Gasteiger partial charge on any atom is -0.396 e. The zero-order valence-electron chi connectivity index (χ0n) is 12.8. The van der Waals surface area contributed by atoms with Crippen LogP contribution in [0.25, 0.3) is 10.1 Å². The Labute approximate surface area is 125 Å². The van der Waals surface area contributed by atoms with E-state index in [9.17, 15) is 5.11 Å². The Morgan fingerprint density at radius 1 is 1.20 bits per heavy atom. The van der Waals surface area contributed by atoms with Crippen LogP contribution >= 0.6 is 11.3 Å². The highest BCUT2D eigenvalue weighted by Gasteiger charge is 2.19. The third-order valence-electron chi connectivity index (χ3n) is 3.98. The molecule has 0 aliphatic heterocycles. The number of hydrogen-bond donors (Lipinski definition) is 2. The van der Waals surface area contributed by atoms with E-state index in [-0.39, 0.29) is 6.61 Å². The van der Waals surface area contributed by atoms with Gasteiger partial charge >= 0.3 is 0 Å². The predicted molar refractivity (Wildman–Crippen MR) is 88.4 cm³/mol. The molecule has 2 atom stereocenters. The molecule has 0 amide bonds. The fraction of sp³-hybridized carbons (Fsp3) is 0.529. The van der Waals surface area contributed by atoms with Crippen molar-refractivity contribution in [3.05, 3.63) is 34.7 Å². The summed E-state index contributed by atoms with van der Waals surface area (Å²) in [7, 11) is 0. The summed E-state index contributed by atoms with van der Waals surface area (Å²) >= 11 is 1.88. The molecule has 2 aromatic rings. The summed E-state index contributed by atoms with van der Waals surface area (Å²) in [5.41, 5.74) is 1.39. The van der Waals surface area contributed by atoms with Crippen molar-refractivity contribution in [3.8, 4) is 0 Å². The summed E-state index contributed by atoms with van der Waals surface area (Å²) in [6.07, 6.45) is 0.811. The Bertz CT molecular complexity index is 561. The second-order valence-corrected chi connectivity index (χ2v) is 6.92. The molecule has 2 N–H and O–H groups in total. The van der Waals surface area contributed by atoms with Crippen molar-refractivity contribution in [1.82, 2.24) is 5.32 Å². The van der Waals surface area contributed by atoms with E-state index in [4.69, 9.17) is 0 Å². The Hall–Kier alpha value is -0.900. The van der Waals surface area contributed by atoms with Gasteiger partial charge in [0, 0.05) is 28.3 Å². The normalized spacial score (nSPS) is 14.9. The lowest BCUT2D eigenvalue weighted by molar-refractivity contribution is 0.237. The van der Waals surface area contributed by atoms with Crippen LogP contribution in [-0.4, -0.2) is 17.8 Å². The summed E-state index contributed by atoms with van der Waals surface area (Å²) in [6.45, 7) is 9.09. The largest absolute Gasteiger partial charge is 0.396 e. The van der Waals surface area contributed by atoms with Crippen LogP contribution in [0.2, 0.25) is 0 Å². The molecule has 0 fully saturated rings. The maximum Gasteiger partial charge on any atom is 0.0445 e. The number of benzene rings is 1. The molecule has 3 heteroatoms. The number of aliphatic hydroxyl groups is 1. The van der Waals surface area contributed by atoms with Crippen molar-refractivity contribution >= 4 is 21.4 Å². The van der Waals surface area contributed by atoms with Crippen LogP contribution in [0.3, 0.4) is 0 Å². The highest BCUT2D eigenvalue weighted by molar-refractivity contribution is 7.19. The summed E-state index contributed by atoms with van der Waals surface area (Å²) in [6, 6.07) is 9.28. The highest BCUT2D eigenvalue weighted by Crippen LogP contribution is 2.34. The van der Waals surface area contributed by atoms with E-state index in [2.05, 4.69) is 57.3 Å². The maximum absolute atomic E-state index is 9.20. The summed E-state index contributed by atoms with van der Waals surface area (Å²) in [5.74, 6) is 0.527. The second-order valence-electron chi connectivity index (χ2n) is 5.84. The molecule has 110 valence electrons. The molecule has 2 nitrogen and oxygen atoms in total. The Kier molecular flexibility index (Phi) is 5.19. The van der Waals surface area contributed by atoms with Crippen LogP contribution in [0.15, 0.2) is 24.3 Å². The fourth-order valence-electron chi connectivity index (χ4n) is 2.75. The van der Waals surface area contributed by atoms with Crippen molar-refractivity contribution in [2.45, 2.75) is 46.2 Å². The minimum absolute atomic E-state index is 0.244. The van der Waals surface area contributed by atoms with Gasteiger partial charge in [0.1, 0.15) is 0 Å². The van der Waals surface area contributed by atoms with Crippen LogP contribution in [0, 0.1) is 12.8 Å². The number of aliphatic hydroxyl groups excluding tert-OH is 1. The average Bonchev–Trinajstić information content (AvgIpc) is 2.76. The first-order valence-corrected chi connectivity index (χ1v) is 8.21. The highest BCUT2D eigenvalue weighted by atomic mass is 32.1. The average molecular weight is 291 g/mol. The topological polar surface area (TPSA) is 32.3 Å². The van der Waals surface area contributed by atoms with Gasteiger partial charge in [0.05, 0.1) is 0 Å². The maximum atomic E-state index is 9.20. The van der Waals surface area contributed by atoms with Gasteiger partial charge in [-0.3, -0.25) is 0 Å². The molecule has 0 spiro atoms. The van der Waals surface area contributed by atoms with E-state index in [0.29, 0.717) is 18.0 Å². The lowest BCUT2D eigenvalue weighted by atomic mass is 9.99. The van der Waals surface area contributed by atoms with E-state index in [1.165, 1.54) is 20.5 Å². The van der Waals surface area contributed by atoms with Crippen molar-refractivity contribution in [2.24, 2.45) is 5.92 Å². The quantitative estimate of drug-likeness (QED) is 0.833. The van der Waals surface area contributed by atoms with Crippen molar-refractivity contribution < 1.29 is 5.11 Å². The van der Waals surface area contributed by atoms with Crippen molar-refractivity contribution in [2.75, 3.05) is 6.61 Å². The smallest absolute Gasteiger partial charge is 0.0445 e. The third kappa shape index (κ3) is 3.22. The van der Waals surface area contributed by atoms with E-state index < -0.39 is 0 Å². The molecule has 2 unspecified atom stereocenters. The van der Waals surface area contributed by atoms with Crippen LogP contribution in [0.1, 0.15) is 43.7 Å². The van der Waals surface area contributed by atoms with Crippen LogP contribution in [-0.2, 0) is 0 Å². The molecule has 0 radical (unpaired) electrons. The minimum atomic E-state index is 0.244. The molecule has 0 bridgehead atoms. The number of fused-ring (bicyclic) bond motifs is 1. The second kappa shape index (κ2) is 6.70. The van der Waals surface area contributed by atoms with Crippen LogP contribution in [0.5, 0.6) is 0 Å². The standard InChI is InChI=1S/C17H25NOS/c1-11(2)15(9-10-19)18-13(4)17-12(3)14-7-5-6-8-16(14)20-17/h5-8,11,13,15,18-19H,9-10H2,1-4H3. The lowest BCUT2D eigenvalue weighted by Gasteiger charge is -2.26. The Balaban J connectivity index is 2.22. The molecular weight excluding hydrogens is 266 g/mol. The number of rotatable bonds is 6. The number of hydrogen-bond acceptors (Lipinski definition) is 3.